The summed E-state index contributed by atoms with van der Waals surface area (Å²) in [6.45, 7) is 0. The summed E-state index contributed by atoms with van der Waals surface area (Å²) in [5.41, 5.74) is 3.31. The first-order chi connectivity index (χ1) is 11.2. The van der Waals surface area contributed by atoms with Crippen molar-refractivity contribution >= 4 is 29.1 Å². The molecule has 3 aromatic rings. The van der Waals surface area contributed by atoms with E-state index in [2.05, 4.69) is 15.3 Å². The highest BCUT2D eigenvalue weighted by atomic mass is 35.5. The van der Waals surface area contributed by atoms with E-state index in [9.17, 15) is 4.39 Å². The van der Waals surface area contributed by atoms with Gasteiger partial charge < -0.3 is 5.32 Å². The maximum atomic E-state index is 13.1. The molecular formula is C18H13ClFN3. The van der Waals surface area contributed by atoms with Crippen LogP contribution in [-0.2, 0) is 0 Å². The second-order valence-corrected chi connectivity index (χ2v) is 5.17. The summed E-state index contributed by atoms with van der Waals surface area (Å²) in [5.74, 6) is -0.268. The number of anilines is 1. The predicted molar refractivity (Wildman–Crippen MR) is 91.4 cm³/mol. The second kappa shape index (κ2) is 7.03. The first-order valence-electron chi connectivity index (χ1n) is 6.97. The van der Waals surface area contributed by atoms with E-state index in [0.717, 1.165) is 16.8 Å². The van der Waals surface area contributed by atoms with Crippen molar-refractivity contribution < 1.29 is 4.39 Å². The van der Waals surface area contributed by atoms with Gasteiger partial charge in [0.05, 0.1) is 5.69 Å². The molecule has 1 aromatic carbocycles. The van der Waals surface area contributed by atoms with Crippen molar-refractivity contribution in [3.63, 3.8) is 0 Å². The number of nitrogens with zero attached hydrogens (tertiary/aromatic N) is 2. The number of rotatable bonds is 4. The van der Waals surface area contributed by atoms with E-state index in [1.165, 1.54) is 12.1 Å². The van der Waals surface area contributed by atoms with E-state index in [0.29, 0.717) is 10.8 Å². The molecule has 0 unspecified atom stereocenters. The number of hydrogen-bond donors (Lipinski definition) is 1. The zero-order chi connectivity index (χ0) is 16.1. The smallest absolute Gasteiger partial charge is 0.152 e. The van der Waals surface area contributed by atoms with Crippen LogP contribution in [0, 0.1) is 5.82 Å². The summed E-state index contributed by atoms with van der Waals surface area (Å²) < 4.78 is 13.1. The molecule has 0 atom stereocenters. The number of pyridine rings is 2. The Labute approximate surface area is 138 Å². The molecule has 2 aromatic heterocycles. The quantitative estimate of drug-likeness (QED) is 0.695. The van der Waals surface area contributed by atoms with Crippen molar-refractivity contribution in [2.24, 2.45) is 0 Å². The van der Waals surface area contributed by atoms with E-state index in [4.69, 9.17) is 11.6 Å². The van der Waals surface area contributed by atoms with Gasteiger partial charge in [-0.05, 0) is 48.0 Å². The molecule has 0 aliphatic heterocycles. The zero-order valence-electron chi connectivity index (χ0n) is 12.1. The molecule has 2 heterocycles. The van der Waals surface area contributed by atoms with Crippen LogP contribution in [-0.4, -0.2) is 9.97 Å². The largest absolute Gasteiger partial charge is 0.353 e. The molecule has 0 saturated heterocycles. The molecule has 1 N–H and O–H groups in total. The molecular weight excluding hydrogens is 313 g/mol. The summed E-state index contributed by atoms with van der Waals surface area (Å²) >= 11 is 6.12. The summed E-state index contributed by atoms with van der Waals surface area (Å²) in [6.07, 6.45) is 6.96. The standard InChI is InChI=1S/C18H13ClFN3/c19-18-16(2-1-9-22-18)23-17(14-7-10-21-11-8-14)12-13-3-5-15(20)6-4-13/h1-12,23H. The first kappa shape index (κ1) is 15.2. The number of hydrogen-bond acceptors (Lipinski definition) is 3. The number of benzene rings is 1. The van der Waals surface area contributed by atoms with E-state index >= 15 is 0 Å². The Morgan fingerprint density at radius 2 is 1.74 bits per heavy atom. The van der Waals surface area contributed by atoms with Crippen LogP contribution in [0.15, 0.2) is 67.1 Å². The molecule has 23 heavy (non-hydrogen) atoms. The van der Waals surface area contributed by atoms with Gasteiger partial charge >= 0.3 is 0 Å². The fourth-order valence-corrected chi connectivity index (χ4v) is 2.24. The van der Waals surface area contributed by atoms with Gasteiger partial charge in [0, 0.05) is 29.9 Å². The predicted octanol–water partition coefficient (Wildman–Crippen LogP) is 4.88. The molecule has 0 amide bonds. The summed E-state index contributed by atoms with van der Waals surface area (Å²) in [4.78, 5) is 8.09. The molecule has 0 fully saturated rings. The lowest BCUT2D eigenvalue weighted by Gasteiger charge is -2.12. The molecule has 5 heteroatoms. The van der Waals surface area contributed by atoms with E-state index in [1.807, 2.05) is 24.3 Å². The van der Waals surface area contributed by atoms with Gasteiger partial charge in [-0.2, -0.15) is 0 Å². The minimum absolute atomic E-state index is 0.268. The van der Waals surface area contributed by atoms with Crippen molar-refractivity contribution in [3.8, 4) is 0 Å². The van der Waals surface area contributed by atoms with E-state index in [1.54, 1.807) is 36.8 Å². The molecule has 114 valence electrons. The van der Waals surface area contributed by atoms with Gasteiger partial charge in [-0.25, -0.2) is 9.37 Å². The Balaban J connectivity index is 2.00. The van der Waals surface area contributed by atoms with Crippen molar-refractivity contribution in [2.45, 2.75) is 0 Å². The van der Waals surface area contributed by atoms with Crippen LogP contribution in [0.1, 0.15) is 11.1 Å². The van der Waals surface area contributed by atoms with Crippen LogP contribution in [0.4, 0.5) is 10.1 Å². The minimum atomic E-state index is -0.268. The molecule has 0 saturated carbocycles. The van der Waals surface area contributed by atoms with Crippen LogP contribution in [0.3, 0.4) is 0 Å². The van der Waals surface area contributed by atoms with E-state index < -0.39 is 0 Å². The summed E-state index contributed by atoms with van der Waals surface area (Å²) in [7, 11) is 0. The van der Waals surface area contributed by atoms with Crippen molar-refractivity contribution in [2.75, 3.05) is 5.32 Å². The summed E-state index contributed by atoms with van der Waals surface area (Å²) in [6, 6.07) is 13.7. The Hall–Kier alpha value is -2.72. The molecule has 0 aliphatic rings. The highest BCUT2D eigenvalue weighted by Crippen LogP contribution is 2.25. The number of halogens is 2. The lowest BCUT2D eigenvalue weighted by molar-refractivity contribution is 0.628. The van der Waals surface area contributed by atoms with Gasteiger partial charge in [0.25, 0.3) is 0 Å². The Kier molecular flexibility index (Phi) is 4.64. The topological polar surface area (TPSA) is 37.8 Å². The number of aromatic nitrogens is 2. The van der Waals surface area contributed by atoms with Gasteiger partial charge in [-0.1, -0.05) is 23.7 Å². The fourth-order valence-electron chi connectivity index (χ4n) is 2.07. The van der Waals surface area contributed by atoms with Gasteiger partial charge in [0.1, 0.15) is 5.82 Å². The van der Waals surface area contributed by atoms with Gasteiger partial charge in [-0.15, -0.1) is 0 Å². The zero-order valence-corrected chi connectivity index (χ0v) is 12.8. The normalized spacial score (nSPS) is 11.3. The molecule has 3 rings (SSSR count). The van der Waals surface area contributed by atoms with Crippen LogP contribution in [0.2, 0.25) is 5.15 Å². The maximum Gasteiger partial charge on any atom is 0.152 e. The Morgan fingerprint density at radius 1 is 1.00 bits per heavy atom. The molecule has 0 aliphatic carbocycles. The molecule has 0 spiro atoms. The van der Waals surface area contributed by atoms with Crippen molar-refractivity contribution in [1.29, 1.82) is 0 Å². The van der Waals surface area contributed by atoms with E-state index in [-0.39, 0.29) is 5.82 Å². The minimum Gasteiger partial charge on any atom is -0.353 e. The third-order valence-electron chi connectivity index (χ3n) is 3.20. The summed E-state index contributed by atoms with van der Waals surface area (Å²) in [5, 5.41) is 3.65. The SMILES string of the molecule is Fc1ccc(C=C(Nc2cccnc2Cl)c2ccncc2)cc1. The van der Waals surface area contributed by atoms with Crippen molar-refractivity contribution in [1.82, 2.24) is 9.97 Å². The third-order valence-corrected chi connectivity index (χ3v) is 3.50. The fraction of sp³-hybridized carbons (Fsp3) is 0. The van der Waals surface area contributed by atoms with Gasteiger partial charge in [0.2, 0.25) is 0 Å². The van der Waals surface area contributed by atoms with Gasteiger partial charge in [-0.3, -0.25) is 4.98 Å². The Morgan fingerprint density at radius 3 is 2.43 bits per heavy atom. The van der Waals surface area contributed by atoms with Crippen molar-refractivity contribution in [3.05, 3.63) is 89.2 Å². The molecule has 3 nitrogen and oxygen atoms in total. The van der Waals surface area contributed by atoms with Crippen LogP contribution in [0.25, 0.3) is 11.8 Å². The highest BCUT2D eigenvalue weighted by Gasteiger charge is 2.06. The average Bonchev–Trinajstić information content (AvgIpc) is 2.59. The third kappa shape index (κ3) is 3.93. The highest BCUT2D eigenvalue weighted by molar-refractivity contribution is 6.32. The van der Waals surface area contributed by atoms with Crippen LogP contribution in [0.5, 0.6) is 0 Å². The van der Waals surface area contributed by atoms with Crippen LogP contribution >= 0.6 is 11.6 Å². The molecule has 0 radical (unpaired) electrons. The first-order valence-corrected chi connectivity index (χ1v) is 7.35. The van der Waals surface area contributed by atoms with Crippen LogP contribution < -0.4 is 5.32 Å². The monoisotopic (exact) mass is 325 g/mol. The Bertz CT molecular complexity index is 817. The lowest BCUT2D eigenvalue weighted by Crippen LogP contribution is -2.00. The van der Waals surface area contributed by atoms with Gasteiger partial charge in [0.15, 0.2) is 5.15 Å². The average molecular weight is 326 g/mol. The lowest BCUT2D eigenvalue weighted by atomic mass is 10.1. The molecule has 0 bridgehead atoms. The second-order valence-electron chi connectivity index (χ2n) is 4.81. The number of nitrogens with one attached hydrogen (secondary N) is 1. The maximum absolute atomic E-state index is 13.1.